The highest BCUT2D eigenvalue weighted by Gasteiger charge is 2.25. The van der Waals surface area contributed by atoms with Gasteiger partial charge in [-0.1, -0.05) is 30.3 Å². The first kappa shape index (κ1) is 14.2. The summed E-state index contributed by atoms with van der Waals surface area (Å²) in [5, 5.41) is 3.33. The number of nitrogens with zero attached hydrogens (tertiary/aromatic N) is 2. The van der Waals surface area contributed by atoms with E-state index in [0.717, 1.165) is 37.4 Å². The van der Waals surface area contributed by atoms with Crippen LogP contribution in [0, 0.1) is 6.92 Å². The molecule has 0 radical (unpaired) electrons. The van der Waals surface area contributed by atoms with Crippen molar-refractivity contribution in [3.8, 4) is 0 Å². The van der Waals surface area contributed by atoms with E-state index in [0.29, 0.717) is 6.04 Å². The molecule has 3 heteroatoms. The van der Waals surface area contributed by atoms with Crippen LogP contribution in [0.15, 0.2) is 42.5 Å². The summed E-state index contributed by atoms with van der Waals surface area (Å²) in [6.07, 6.45) is 1.11. The highest BCUT2D eigenvalue weighted by molar-refractivity contribution is 5.30. The van der Waals surface area contributed by atoms with Gasteiger partial charge < -0.3 is 5.32 Å². The van der Waals surface area contributed by atoms with Crippen molar-refractivity contribution in [2.75, 3.05) is 13.6 Å². The summed E-state index contributed by atoms with van der Waals surface area (Å²) in [7, 11) is 2.03. The van der Waals surface area contributed by atoms with Gasteiger partial charge in [0.2, 0.25) is 0 Å². The lowest BCUT2D eigenvalue weighted by atomic mass is 9.93. The maximum absolute atomic E-state index is 4.66. The quantitative estimate of drug-likeness (QED) is 0.933. The molecule has 3 rings (SSSR count). The van der Waals surface area contributed by atoms with Gasteiger partial charge in [-0.25, -0.2) is 0 Å². The third kappa shape index (κ3) is 3.31. The SMILES string of the molecule is CNCC1Cc2ccccc2CN1Cc1cccc(C)n1. The van der Waals surface area contributed by atoms with Crippen molar-refractivity contribution < 1.29 is 0 Å². The lowest BCUT2D eigenvalue weighted by molar-refractivity contribution is 0.159. The van der Waals surface area contributed by atoms with Gasteiger partial charge >= 0.3 is 0 Å². The third-order valence-corrected chi connectivity index (χ3v) is 4.21. The van der Waals surface area contributed by atoms with Crippen molar-refractivity contribution in [3.63, 3.8) is 0 Å². The van der Waals surface area contributed by atoms with Gasteiger partial charge in [0.1, 0.15) is 0 Å². The molecule has 0 aliphatic carbocycles. The highest BCUT2D eigenvalue weighted by atomic mass is 15.2. The fraction of sp³-hybridized carbons (Fsp3) is 0.389. The van der Waals surface area contributed by atoms with Crippen LogP contribution in [0.4, 0.5) is 0 Å². The van der Waals surface area contributed by atoms with E-state index in [4.69, 9.17) is 0 Å². The summed E-state index contributed by atoms with van der Waals surface area (Å²) < 4.78 is 0. The molecule has 2 heterocycles. The second kappa shape index (κ2) is 6.37. The molecule has 1 aromatic heterocycles. The Balaban J connectivity index is 1.82. The second-order valence-corrected chi connectivity index (χ2v) is 5.86. The second-order valence-electron chi connectivity index (χ2n) is 5.86. The molecule has 0 bridgehead atoms. The fourth-order valence-corrected chi connectivity index (χ4v) is 3.16. The van der Waals surface area contributed by atoms with Crippen LogP contribution in [0.2, 0.25) is 0 Å². The molecule has 1 unspecified atom stereocenters. The Morgan fingerprint density at radius 3 is 2.71 bits per heavy atom. The summed E-state index contributed by atoms with van der Waals surface area (Å²) in [4.78, 5) is 7.20. The zero-order valence-corrected chi connectivity index (χ0v) is 12.8. The number of aryl methyl sites for hydroxylation is 1. The normalized spacial score (nSPS) is 18.5. The summed E-state index contributed by atoms with van der Waals surface area (Å²) in [5.41, 5.74) is 5.20. The van der Waals surface area contributed by atoms with Crippen molar-refractivity contribution in [3.05, 3.63) is 65.0 Å². The van der Waals surface area contributed by atoms with E-state index in [1.165, 1.54) is 11.1 Å². The molecule has 1 aliphatic rings. The molecule has 110 valence electrons. The highest BCUT2D eigenvalue weighted by Crippen LogP contribution is 2.24. The first-order chi connectivity index (χ1) is 10.3. The maximum atomic E-state index is 4.66. The molecule has 0 spiro atoms. The molecule has 3 nitrogen and oxygen atoms in total. The molecule has 0 fully saturated rings. The molecule has 2 aromatic rings. The zero-order chi connectivity index (χ0) is 14.7. The molecule has 1 aliphatic heterocycles. The summed E-state index contributed by atoms with van der Waals surface area (Å²) >= 11 is 0. The van der Waals surface area contributed by atoms with E-state index in [1.807, 2.05) is 7.05 Å². The van der Waals surface area contributed by atoms with Gasteiger partial charge in [-0.2, -0.15) is 0 Å². The van der Waals surface area contributed by atoms with Gasteiger partial charge in [-0.15, -0.1) is 0 Å². The van der Waals surface area contributed by atoms with E-state index in [1.54, 1.807) is 0 Å². The van der Waals surface area contributed by atoms with Crippen LogP contribution in [0.25, 0.3) is 0 Å². The van der Waals surface area contributed by atoms with Crippen LogP contribution in [-0.2, 0) is 19.5 Å². The van der Waals surface area contributed by atoms with Crippen molar-refractivity contribution >= 4 is 0 Å². The first-order valence-corrected chi connectivity index (χ1v) is 7.64. The Morgan fingerprint density at radius 1 is 1.14 bits per heavy atom. The Kier molecular flexibility index (Phi) is 4.32. The van der Waals surface area contributed by atoms with Crippen molar-refractivity contribution in [1.29, 1.82) is 0 Å². The third-order valence-electron chi connectivity index (χ3n) is 4.21. The number of hydrogen-bond donors (Lipinski definition) is 1. The van der Waals surface area contributed by atoms with Gasteiger partial charge in [0.05, 0.1) is 5.69 Å². The molecular weight excluding hydrogens is 258 g/mol. The number of fused-ring (bicyclic) bond motifs is 1. The first-order valence-electron chi connectivity index (χ1n) is 7.64. The predicted molar refractivity (Wildman–Crippen MR) is 86.1 cm³/mol. The van der Waals surface area contributed by atoms with Crippen molar-refractivity contribution in [2.24, 2.45) is 0 Å². The Labute approximate surface area is 127 Å². The lowest BCUT2D eigenvalue weighted by Gasteiger charge is -2.36. The zero-order valence-electron chi connectivity index (χ0n) is 12.8. The number of likely N-dealkylation sites (N-methyl/N-ethyl adjacent to an activating group) is 1. The van der Waals surface area contributed by atoms with Crippen LogP contribution < -0.4 is 5.32 Å². The molecule has 21 heavy (non-hydrogen) atoms. The number of aromatic nitrogens is 1. The minimum Gasteiger partial charge on any atom is -0.318 e. The minimum absolute atomic E-state index is 0.534. The van der Waals surface area contributed by atoms with Crippen LogP contribution in [-0.4, -0.2) is 29.5 Å². The average molecular weight is 281 g/mol. The van der Waals surface area contributed by atoms with E-state index >= 15 is 0 Å². The number of nitrogens with one attached hydrogen (secondary N) is 1. The number of benzene rings is 1. The Morgan fingerprint density at radius 2 is 1.95 bits per heavy atom. The smallest absolute Gasteiger partial charge is 0.0547 e. The van der Waals surface area contributed by atoms with E-state index in [2.05, 4.69) is 64.6 Å². The van der Waals surface area contributed by atoms with E-state index in [-0.39, 0.29) is 0 Å². The summed E-state index contributed by atoms with van der Waals surface area (Å²) in [5.74, 6) is 0. The molecular formula is C18H23N3. The maximum Gasteiger partial charge on any atom is 0.0547 e. The van der Waals surface area contributed by atoms with Gasteiger partial charge in [0, 0.05) is 31.4 Å². The van der Waals surface area contributed by atoms with Gasteiger partial charge in [0.15, 0.2) is 0 Å². The van der Waals surface area contributed by atoms with Crippen LogP contribution in [0.1, 0.15) is 22.5 Å². The number of pyridine rings is 1. The average Bonchev–Trinajstić information content (AvgIpc) is 2.48. The molecule has 1 atom stereocenters. The molecule has 1 aromatic carbocycles. The van der Waals surface area contributed by atoms with Crippen molar-refractivity contribution in [1.82, 2.24) is 15.2 Å². The summed E-state index contributed by atoms with van der Waals surface area (Å²) in [6, 6.07) is 15.6. The van der Waals surface area contributed by atoms with Gasteiger partial charge in [0.25, 0.3) is 0 Å². The topological polar surface area (TPSA) is 28.2 Å². The van der Waals surface area contributed by atoms with Crippen LogP contribution in [0.3, 0.4) is 0 Å². The molecule has 0 saturated heterocycles. The van der Waals surface area contributed by atoms with E-state index < -0.39 is 0 Å². The van der Waals surface area contributed by atoms with Gasteiger partial charge in [-0.3, -0.25) is 9.88 Å². The fourth-order valence-electron chi connectivity index (χ4n) is 3.16. The van der Waals surface area contributed by atoms with Gasteiger partial charge in [-0.05, 0) is 43.7 Å². The van der Waals surface area contributed by atoms with Crippen LogP contribution >= 0.6 is 0 Å². The Bertz CT molecular complexity index is 609. The largest absolute Gasteiger partial charge is 0.318 e. The molecule has 0 amide bonds. The van der Waals surface area contributed by atoms with Crippen LogP contribution in [0.5, 0.6) is 0 Å². The predicted octanol–water partition coefficient (Wildman–Crippen LogP) is 2.54. The van der Waals surface area contributed by atoms with E-state index in [9.17, 15) is 0 Å². The minimum atomic E-state index is 0.534. The van der Waals surface area contributed by atoms with Crippen molar-refractivity contribution in [2.45, 2.75) is 32.5 Å². The Hall–Kier alpha value is -1.71. The molecule has 0 saturated carbocycles. The molecule has 1 N–H and O–H groups in total. The number of hydrogen-bond acceptors (Lipinski definition) is 3. The monoisotopic (exact) mass is 281 g/mol. The number of rotatable bonds is 4. The standard InChI is InChI=1S/C18H23N3/c1-14-6-5-9-17(20-14)13-21-12-16-8-4-3-7-15(16)10-18(21)11-19-2/h3-9,18-19H,10-13H2,1-2H3. The lowest BCUT2D eigenvalue weighted by Crippen LogP contribution is -2.45. The summed E-state index contributed by atoms with van der Waals surface area (Å²) in [6.45, 7) is 5.00.